The number of carbonyl (C=O) groups is 3. The lowest BCUT2D eigenvalue weighted by molar-refractivity contribution is -0.176. The second-order valence-electron chi connectivity index (χ2n) is 25.0. The van der Waals surface area contributed by atoms with Crippen molar-refractivity contribution in [2.75, 3.05) is 44.1 Å². The van der Waals surface area contributed by atoms with E-state index in [0.29, 0.717) is 104 Å². The number of anilines is 3. The third-order valence-corrected chi connectivity index (χ3v) is 19.3. The molecule has 1 aliphatic heterocycles. The number of nitrogens with zero attached hydrogens (tertiary/aromatic N) is 18. The Balaban J connectivity index is 0.000000113. The Bertz CT molecular complexity index is 5710. The fourth-order valence-corrected chi connectivity index (χ4v) is 14.6. The fourth-order valence-electron chi connectivity index (χ4n) is 14.6. The lowest BCUT2D eigenvalue weighted by Gasteiger charge is -2.40. The van der Waals surface area contributed by atoms with Gasteiger partial charge in [0.15, 0.2) is 67.8 Å². The first-order valence-electron chi connectivity index (χ1n) is 32.2. The number of furan rings is 3. The highest BCUT2D eigenvalue weighted by Crippen LogP contribution is 2.45. The number of amides is 1. The van der Waals surface area contributed by atoms with Gasteiger partial charge in [-0.3, -0.25) is 4.79 Å². The number of hydrogen-bond donors (Lipinski definition) is 6. The van der Waals surface area contributed by atoms with E-state index in [2.05, 4.69) is 60.7 Å². The van der Waals surface area contributed by atoms with Crippen molar-refractivity contribution >= 4 is 85.7 Å². The third kappa shape index (κ3) is 9.30. The van der Waals surface area contributed by atoms with Crippen molar-refractivity contribution < 1.29 is 47.3 Å². The molecule has 502 valence electrons. The van der Waals surface area contributed by atoms with Gasteiger partial charge in [0.25, 0.3) is 5.91 Å². The number of aliphatic hydroxyl groups is 1. The van der Waals surface area contributed by atoms with E-state index in [-0.39, 0.29) is 43.5 Å². The number of nitrogens with one attached hydrogen (secondary N) is 1. The number of aromatic nitrogens is 18. The van der Waals surface area contributed by atoms with E-state index in [1.54, 1.807) is 76.9 Å². The minimum atomic E-state index is -1.38. The number of nitrogen functional groups attached to an aromatic ring is 3. The molecule has 0 radical (unpaired) electrons. The summed E-state index contributed by atoms with van der Waals surface area (Å²) in [5.74, 6) is 1.27. The molecule has 4 aliphatic rings. The quantitative estimate of drug-likeness (QED) is 0.0771. The average molecular weight is 1350 g/mol. The van der Waals surface area contributed by atoms with Gasteiger partial charge in [-0.15, -0.1) is 15.3 Å². The van der Waals surface area contributed by atoms with Crippen LogP contribution in [0, 0.1) is 0 Å². The van der Waals surface area contributed by atoms with Crippen LogP contribution >= 0.6 is 0 Å². The van der Waals surface area contributed by atoms with E-state index in [1.807, 2.05) is 72.8 Å². The Labute approximate surface area is 563 Å². The summed E-state index contributed by atoms with van der Waals surface area (Å²) >= 11 is 0. The average Bonchev–Trinajstić information content (AvgIpc) is 1.47. The van der Waals surface area contributed by atoms with Crippen molar-refractivity contribution in [3.63, 3.8) is 0 Å². The Kier molecular flexibility index (Phi) is 14.2. The monoisotopic (exact) mass is 1340 g/mol. The molecular formula is C68H60N22O10. The normalized spacial score (nSPS) is 19.1. The van der Waals surface area contributed by atoms with Crippen LogP contribution in [-0.2, 0) is 59.7 Å². The van der Waals surface area contributed by atoms with Gasteiger partial charge in [0.1, 0.15) is 5.60 Å². The highest BCUT2D eigenvalue weighted by atomic mass is 16.5. The Morgan fingerprint density at radius 3 is 1.25 bits per heavy atom. The molecule has 3 aromatic carbocycles. The van der Waals surface area contributed by atoms with Gasteiger partial charge in [0.05, 0.1) is 80.4 Å². The summed E-state index contributed by atoms with van der Waals surface area (Å²) in [6, 6.07) is 33.9. The number of rotatable bonds is 11. The number of esters is 1. The molecule has 13 heterocycles. The number of carboxylic acid groups (broad SMARTS) is 1. The topological polar surface area (TPSA) is 422 Å². The van der Waals surface area contributed by atoms with Gasteiger partial charge in [0, 0.05) is 0 Å². The lowest BCUT2D eigenvalue weighted by Crippen LogP contribution is -2.60. The maximum atomic E-state index is 14.1. The number of fused-ring (bicyclic) bond motifs is 12. The number of aryl methyl sites for hydroxylation is 3. The molecule has 15 aromatic rings. The number of ether oxygens (including phenoxy) is 2. The second kappa shape index (κ2) is 23.3. The number of aliphatic carboxylic acids is 1. The number of hydrogen-bond acceptors (Lipinski definition) is 24. The van der Waals surface area contributed by atoms with Crippen molar-refractivity contribution in [3.05, 3.63) is 180 Å². The van der Waals surface area contributed by atoms with Crippen LogP contribution in [0.5, 0.6) is 0 Å². The zero-order chi connectivity index (χ0) is 68.2. The van der Waals surface area contributed by atoms with Gasteiger partial charge in [-0.25, -0.2) is 38.6 Å². The van der Waals surface area contributed by atoms with Gasteiger partial charge >= 0.3 is 11.9 Å². The van der Waals surface area contributed by atoms with Crippen LogP contribution in [0.2, 0.25) is 0 Å². The summed E-state index contributed by atoms with van der Waals surface area (Å²) in [7, 11) is 1.39. The smallest absolute Gasteiger partial charge is 0.338 e. The molecule has 1 saturated heterocycles. The Morgan fingerprint density at radius 1 is 0.500 bits per heavy atom. The summed E-state index contributed by atoms with van der Waals surface area (Å²) < 4.78 is 35.8. The van der Waals surface area contributed by atoms with E-state index in [0.717, 1.165) is 71.9 Å². The van der Waals surface area contributed by atoms with Gasteiger partial charge in [-0.2, -0.15) is 43.8 Å². The fraction of sp³-hybridized carbons (Fsp3) is 0.250. The van der Waals surface area contributed by atoms with Crippen LogP contribution in [0.3, 0.4) is 0 Å². The van der Waals surface area contributed by atoms with Crippen LogP contribution in [0.1, 0.15) is 71.9 Å². The standard InChI is InChI=1S/C25H24N8O4.C22H19N7O3.C21H17N7O3/c26-23-30-21-16(20-29-19(31-32(20)23)18-8-4-10-37-18)11-28-33(21)25(22(34)27-12-24(35)13-36-14-24)9-3-6-15-5-1-2-7-17(15)25;1-31-20(30)22(10-4-7-13-6-2-3-8-15(13)22)29-19-14(12-24-29)18-25-17(16-9-5-11-32-16)27-28(18)21(23)26-19;22-20-25-18-13(17-24-16(26-27(17)20)15-8-4-10-31-15)11-23-28(18)21(19(29)30)9-3-6-12-5-1-2-7-14(12)21/h1-2,4-5,7-8,10-11,35H,3,6,9,12-14H2,(H2,26,30)(H,27,34);2-3,5-6,8-9,11-12H,4,7,10H2,1H3,(H2,23,26);1-2,4-5,7-8,10-11H,3,6,9H2,(H2,22,25)(H,29,30). The maximum absolute atomic E-state index is 14.1. The SMILES string of the molecule is COC(=O)C1(n2ncc3c2nc(N)n2nc(-c4ccco4)nc32)CCCc2ccccc21.Nc1nc2c(cnn2C2(C(=O)NCC3(O)COC3)CCCc3ccccc32)c2nc(-c3ccco3)nn12.Nc1nc2c(cnn2C2(C(=O)O)CCCc3ccccc32)c2nc(-c3ccco3)nn12. The lowest BCUT2D eigenvalue weighted by atomic mass is 9.75. The van der Waals surface area contributed by atoms with Crippen LogP contribution < -0.4 is 22.5 Å². The van der Waals surface area contributed by atoms with Crippen LogP contribution in [0.15, 0.2) is 160 Å². The number of methoxy groups -OCH3 is 1. The first-order valence-corrected chi connectivity index (χ1v) is 32.2. The molecule has 100 heavy (non-hydrogen) atoms. The van der Waals surface area contributed by atoms with Gasteiger partial charge in [-0.05, 0) is 128 Å². The molecule has 19 rings (SSSR count). The van der Waals surface area contributed by atoms with Gasteiger partial charge in [-0.1, -0.05) is 72.8 Å². The largest absolute Gasteiger partial charge is 0.479 e. The van der Waals surface area contributed by atoms with E-state index in [9.17, 15) is 24.6 Å². The molecule has 1 amide bonds. The number of benzene rings is 3. The zero-order valence-corrected chi connectivity index (χ0v) is 53.3. The van der Waals surface area contributed by atoms with Crippen LogP contribution in [-0.4, -0.2) is 149 Å². The molecule has 0 saturated carbocycles. The van der Waals surface area contributed by atoms with Crippen molar-refractivity contribution in [1.82, 2.24) is 93.4 Å². The molecule has 32 heteroatoms. The van der Waals surface area contributed by atoms with Crippen LogP contribution in [0.25, 0.3) is 84.8 Å². The molecule has 9 N–H and O–H groups in total. The van der Waals surface area contributed by atoms with Crippen molar-refractivity contribution in [2.24, 2.45) is 0 Å². The van der Waals surface area contributed by atoms with E-state index >= 15 is 0 Å². The van der Waals surface area contributed by atoms with Gasteiger partial charge < -0.3 is 55.5 Å². The van der Waals surface area contributed by atoms with Crippen molar-refractivity contribution in [3.8, 4) is 34.8 Å². The Morgan fingerprint density at radius 2 is 0.870 bits per heavy atom. The number of carboxylic acids is 1. The molecule has 1 fully saturated rings. The summed E-state index contributed by atoms with van der Waals surface area (Å²) in [6.45, 7) is 0.441. The highest BCUT2D eigenvalue weighted by molar-refractivity contribution is 5.97. The zero-order valence-electron chi connectivity index (χ0n) is 53.3. The third-order valence-electron chi connectivity index (χ3n) is 19.3. The predicted molar refractivity (Wildman–Crippen MR) is 356 cm³/mol. The van der Waals surface area contributed by atoms with E-state index in [4.69, 9.17) is 45.0 Å². The molecule has 3 unspecified atom stereocenters. The molecular weight excluding hydrogens is 1280 g/mol. The predicted octanol–water partition coefficient (Wildman–Crippen LogP) is 6.32. The second-order valence-corrected chi connectivity index (χ2v) is 25.0. The summed E-state index contributed by atoms with van der Waals surface area (Å²) in [6.07, 6.45) is 15.7. The number of carbonyl (C=O) groups excluding carboxylic acids is 2. The first-order chi connectivity index (χ1) is 48.7. The van der Waals surface area contributed by atoms with E-state index < -0.39 is 34.2 Å². The van der Waals surface area contributed by atoms with Crippen molar-refractivity contribution in [1.29, 1.82) is 0 Å². The summed E-state index contributed by atoms with van der Waals surface area (Å²) in [5, 5.41) is 52.8. The maximum Gasteiger partial charge on any atom is 0.338 e. The molecule has 12 aromatic heterocycles. The minimum absolute atomic E-state index is 0.0749. The molecule has 32 nitrogen and oxygen atoms in total. The van der Waals surface area contributed by atoms with E-state index in [1.165, 1.54) is 31.6 Å². The Hall–Kier alpha value is -12.7. The molecule has 3 atom stereocenters. The summed E-state index contributed by atoms with van der Waals surface area (Å²) in [4.78, 5) is 67.6. The first kappa shape index (κ1) is 60.9. The molecule has 3 aliphatic carbocycles. The molecule has 0 spiro atoms. The minimum Gasteiger partial charge on any atom is -0.479 e. The van der Waals surface area contributed by atoms with Gasteiger partial charge in [0.2, 0.25) is 35.3 Å². The number of nitrogens with two attached hydrogens (primary N) is 3. The molecule has 0 bridgehead atoms. The highest BCUT2D eigenvalue weighted by Gasteiger charge is 2.51. The van der Waals surface area contributed by atoms with Crippen molar-refractivity contribution in [2.45, 2.75) is 80.0 Å². The van der Waals surface area contributed by atoms with Crippen LogP contribution in [0.4, 0.5) is 17.8 Å². The summed E-state index contributed by atoms with van der Waals surface area (Å²) in [5.41, 5.74) is 22.1.